The van der Waals surface area contributed by atoms with Crippen molar-refractivity contribution in [3.63, 3.8) is 0 Å². The van der Waals surface area contributed by atoms with E-state index in [0.29, 0.717) is 18.7 Å². The van der Waals surface area contributed by atoms with Crippen molar-refractivity contribution in [1.82, 2.24) is 0 Å². The SMILES string of the molecule is CCOC(=O)C(CCCSC)Nc1cc(C)cc(F)c1. The molecule has 0 heterocycles. The average molecular weight is 299 g/mol. The van der Waals surface area contributed by atoms with E-state index in [4.69, 9.17) is 4.74 Å². The Balaban J connectivity index is 2.73. The molecular weight excluding hydrogens is 277 g/mol. The molecule has 20 heavy (non-hydrogen) atoms. The van der Waals surface area contributed by atoms with Gasteiger partial charge in [0.25, 0.3) is 0 Å². The Morgan fingerprint density at radius 2 is 2.20 bits per heavy atom. The Hall–Kier alpha value is -1.23. The molecule has 5 heteroatoms. The Morgan fingerprint density at radius 1 is 1.45 bits per heavy atom. The van der Waals surface area contributed by atoms with Crippen LogP contribution in [0.25, 0.3) is 0 Å². The van der Waals surface area contributed by atoms with Crippen LogP contribution in [-0.2, 0) is 9.53 Å². The highest BCUT2D eigenvalue weighted by Gasteiger charge is 2.19. The predicted octanol–water partition coefficient (Wildman–Crippen LogP) is 3.62. The van der Waals surface area contributed by atoms with Crippen molar-refractivity contribution >= 4 is 23.4 Å². The third kappa shape index (κ3) is 5.82. The fourth-order valence-corrected chi connectivity index (χ4v) is 2.40. The highest BCUT2D eigenvalue weighted by atomic mass is 32.2. The summed E-state index contributed by atoms with van der Waals surface area (Å²) < 4.78 is 18.4. The zero-order valence-corrected chi connectivity index (χ0v) is 13.1. The van der Waals surface area contributed by atoms with Gasteiger partial charge in [0.15, 0.2) is 0 Å². The van der Waals surface area contributed by atoms with Gasteiger partial charge in [-0.1, -0.05) is 0 Å². The molecule has 3 nitrogen and oxygen atoms in total. The summed E-state index contributed by atoms with van der Waals surface area (Å²) in [5.74, 6) is 0.398. The Bertz CT molecular complexity index is 420. The summed E-state index contributed by atoms with van der Waals surface area (Å²) >= 11 is 1.74. The number of hydrogen-bond donors (Lipinski definition) is 1. The first kappa shape index (κ1) is 16.8. The molecule has 1 atom stereocenters. The maximum atomic E-state index is 13.4. The van der Waals surface area contributed by atoms with Gasteiger partial charge in [0.1, 0.15) is 11.9 Å². The summed E-state index contributed by atoms with van der Waals surface area (Å²) in [6.45, 7) is 3.95. The quantitative estimate of drug-likeness (QED) is 0.588. The summed E-state index contributed by atoms with van der Waals surface area (Å²) in [6.07, 6.45) is 3.61. The molecular formula is C15H22FNO2S. The van der Waals surface area contributed by atoms with E-state index in [-0.39, 0.29) is 11.8 Å². The van der Waals surface area contributed by atoms with Crippen molar-refractivity contribution in [3.8, 4) is 0 Å². The number of carbonyl (C=O) groups excluding carboxylic acids is 1. The molecule has 1 aromatic rings. The van der Waals surface area contributed by atoms with Gasteiger partial charge in [0, 0.05) is 5.69 Å². The van der Waals surface area contributed by atoms with Crippen LogP contribution >= 0.6 is 11.8 Å². The lowest BCUT2D eigenvalue weighted by molar-refractivity contribution is -0.144. The average Bonchev–Trinajstić information content (AvgIpc) is 2.37. The van der Waals surface area contributed by atoms with Gasteiger partial charge in [-0.25, -0.2) is 9.18 Å². The molecule has 0 aliphatic rings. The summed E-state index contributed by atoms with van der Waals surface area (Å²) in [5, 5.41) is 3.08. The minimum Gasteiger partial charge on any atom is -0.464 e. The number of hydrogen-bond acceptors (Lipinski definition) is 4. The first-order valence-corrected chi connectivity index (χ1v) is 8.15. The molecule has 0 amide bonds. The van der Waals surface area contributed by atoms with Crippen LogP contribution in [0.4, 0.5) is 10.1 Å². The monoisotopic (exact) mass is 299 g/mol. The fourth-order valence-electron chi connectivity index (χ4n) is 1.94. The normalized spacial score (nSPS) is 12.0. The zero-order chi connectivity index (χ0) is 15.0. The molecule has 0 saturated carbocycles. The van der Waals surface area contributed by atoms with Gasteiger partial charge in [0.2, 0.25) is 0 Å². The summed E-state index contributed by atoms with van der Waals surface area (Å²) in [7, 11) is 0. The molecule has 0 aliphatic carbocycles. The highest BCUT2D eigenvalue weighted by molar-refractivity contribution is 7.98. The van der Waals surface area contributed by atoms with E-state index in [1.807, 2.05) is 19.2 Å². The topological polar surface area (TPSA) is 38.3 Å². The number of rotatable bonds is 8. The minimum atomic E-state index is -0.428. The number of halogens is 1. The molecule has 1 aromatic carbocycles. The van der Waals surface area contributed by atoms with Crippen LogP contribution in [0, 0.1) is 12.7 Å². The van der Waals surface area contributed by atoms with Gasteiger partial charge < -0.3 is 10.1 Å². The predicted molar refractivity (Wildman–Crippen MR) is 82.8 cm³/mol. The molecule has 0 fully saturated rings. The van der Waals surface area contributed by atoms with Gasteiger partial charge >= 0.3 is 5.97 Å². The Kier molecular flexibility index (Phi) is 7.44. The summed E-state index contributed by atoms with van der Waals surface area (Å²) in [6, 6.07) is 4.25. The van der Waals surface area contributed by atoms with Crippen molar-refractivity contribution in [2.45, 2.75) is 32.7 Å². The number of thioether (sulfide) groups is 1. The minimum absolute atomic E-state index is 0.282. The van der Waals surface area contributed by atoms with Crippen LogP contribution < -0.4 is 5.32 Å². The molecule has 0 saturated heterocycles. The lowest BCUT2D eigenvalue weighted by Crippen LogP contribution is -2.31. The largest absolute Gasteiger partial charge is 0.464 e. The molecule has 1 N–H and O–H groups in total. The first-order chi connectivity index (χ1) is 9.56. The second kappa shape index (κ2) is 8.84. The van der Waals surface area contributed by atoms with Gasteiger partial charge in [-0.05, 0) is 62.5 Å². The van der Waals surface area contributed by atoms with Crippen molar-refractivity contribution in [3.05, 3.63) is 29.6 Å². The number of anilines is 1. The van der Waals surface area contributed by atoms with E-state index in [1.54, 1.807) is 18.7 Å². The van der Waals surface area contributed by atoms with E-state index in [0.717, 1.165) is 17.7 Å². The van der Waals surface area contributed by atoms with Crippen LogP contribution in [-0.4, -0.2) is 30.6 Å². The van der Waals surface area contributed by atoms with Crippen LogP contribution in [0.1, 0.15) is 25.3 Å². The molecule has 0 bridgehead atoms. The van der Waals surface area contributed by atoms with E-state index < -0.39 is 6.04 Å². The number of benzene rings is 1. The van der Waals surface area contributed by atoms with Gasteiger partial charge in [-0.2, -0.15) is 11.8 Å². The molecule has 1 rings (SSSR count). The molecule has 112 valence electrons. The van der Waals surface area contributed by atoms with E-state index in [1.165, 1.54) is 12.1 Å². The van der Waals surface area contributed by atoms with E-state index in [2.05, 4.69) is 5.32 Å². The lowest BCUT2D eigenvalue weighted by Gasteiger charge is -2.18. The maximum Gasteiger partial charge on any atom is 0.328 e. The Morgan fingerprint density at radius 3 is 2.80 bits per heavy atom. The molecule has 0 aromatic heterocycles. The molecule has 0 aliphatic heterocycles. The summed E-state index contributed by atoms with van der Waals surface area (Å²) in [4.78, 5) is 11.9. The second-order valence-corrected chi connectivity index (χ2v) is 5.59. The van der Waals surface area contributed by atoms with Crippen LogP contribution in [0.15, 0.2) is 18.2 Å². The van der Waals surface area contributed by atoms with Crippen molar-refractivity contribution in [1.29, 1.82) is 0 Å². The number of aryl methyl sites for hydroxylation is 1. The van der Waals surface area contributed by atoms with Gasteiger partial charge in [0.05, 0.1) is 6.61 Å². The van der Waals surface area contributed by atoms with Crippen molar-refractivity contribution in [2.24, 2.45) is 0 Å². The molecule has 1 unspecified atom stereocenters. The van der Waals surface area contributed by atoms with Crippen molar-refractivity contribution in [2.75, 3.05) is 23.9 Å². The standard InChI is InChI=1S/C15H22FNO2S/c1-4-19-15(18)14(6-5-7-20-3)17-13-9-11(2)8-12(16)10-13/h8-10,14,17H,4-7H2,1-3H3. The third-order valence-electron chi connectivity index (χ3n) is 2.80. The van der Waals surface area contributed by atoms with E-state index >= 15 is 0 Å². The number of carbonyl (C=O) groups is 1. The Labute approximate surface area is 124 Å². The first-order valence-electron chi connectivity index (χ1n) is 6.76. The third-order valence-corrected chi connectivity index (χ3v) is 3.49. The number of ether oxygens (including phenoxy) is 1. The van der Waals surface area contributed by atoms with E-state index in [9.17, 15) is 9.18 Å². The van der Waals surface area contributed by atoms with Gasteiger partial charge in [-0.15, -0.1) is 0 Å². The molecule has 0 radical (unpaired) electrons. The smallest absolute Gasteiger partial charge is 0.328 e. The zero-order valence-electron chi connectivity index (χ0n) is 12.2. The highest BCUT2D eigenvalue weighted by Crippen LogP contribution is 2.17. The number of nitrogens with one attached hydrogen (secondary N) is 1. The van der Waals surface area contributed by atoms with Crippen LogP contribution in [0.5, 0.6) is 0 Å². The van der Waals surface area contributed by atoms with Gasteiger partial charge in [-0.3, -0.25) is 0 Å². The van der Waals surface area contributed by atoms with Crippen molar-refractivity contribution < 1.29 is 13.9 Å². The molecule has 0 spiro atoms. The second-order valence-electron chi connectivity index (χ2n) is 4.60. The summed E-state index contributed by atoms with van der Waals surface area (Å²) in [5.41, 5.74) is 1.43. The number of esters is 1. The lowest BCUT2D eigenvalue weighted by atomic mass is 10.1. The maximum absolute atomic E-state index is 13.4. The fraction of sp³-hybridized carbons (Fsp3) is 0.533. The van der Waals surface area contributed by atoms with Crippen LogP contribution in [0.3, 0.4) is 0 Å². The van der Waals surface area contributed by atoms with Crippen LogP contribution in [0.2, 0.25) is 0 Å².